The molecule has 0 saturated carbocycles. The van der Waals surface area contributed by atoms with Gasteiger partial charge in [-0.05, 0) is 59.8 Å². The van der Waals surface area contributed by atoms with Gasteiger partial charge in [-0.1, -0.05) is 12.1 Å². The molecule has 1 fully saturated rings. The zero-order chi connectivity index (χ0) is 17.1. The molecule has 2 aromatic rings. The summed E-state index contributed by atoms with van der Waals surface area (Å²) < 4.78 is 13.2. The summed E-state index contributed by atoms with van der Waals surface area (Å²) in [6, 6.07) is 11.9. The Morgan fingerprint density at radius 2 is 1.96 bits per heavy atom. The third kappa shape index (κ3) is 3.69. The van der Waals surface area contributed by atoms with Gasteiger partial charge in [0.25, 0.3) is 5.91 Å². The van der Waals surface area contributed by atoms with Crippen molar-refractivity contribution in [3.63, 3.8) is 0 Å². The molecule has 1 amide bonds. The lowest BCUT2D eigenvalue weighted by Gasteiger charge is -1.97. The molecule has 3 rings (SSSR count). The number of nitrogens with one attached hydrogen (secondary N) is 1. The molecule has 1 heterocycles. The van der Waals surface area contributed by atoms with Gasteiger partial charge in [0, 0.05) is 0 Å². The number of aromatic carboxylic acids is 1. The Bertz CT molecular complexity index is 876. The SMILES string of the molecule is O=C1NC(=Nc2ccc(C(=O)O)cc2)S/C1=C\c1cccc(F)c1. The molecule has 0 radical (unpaired) electrons. The zero-order valence-corrected chi connectivity index (χ0v) is 13.0. The van der Waals surface area contributed by atoms with E-state index in [4.69, 9.17) is 5.11 Å². The first-order chi connectivity index (χ1) is 11.5. The lowest BCUT2D eigenvalue weighted by Crippen LogP contribution is -2.19. The second kappa shape index (κ2) is 6.67. The number of amides is 1. The fraction of sp³-hybridized carbons (Fsp3) is 0. The number of nitrogens with zero attached hydrogens (tertiary/aromatic N) is 1. The third-order valence-corrected chi connectivity index (χ3v) is 4.05. The number of carboxylic acids is 1. The van der Waals surface area contributed by atoms with Gasteiger partial charge in [-0.25, -0.2) is 14.2 Å². The predicted molar refractivity (Wildman–Crippen MR) is 90.6 cm³/mol. The molecular weight excluding hydrogens is 331 g/mol. The quantitative estimate of drug-likeness (QED) is 0.838. The fourth-order valence-electron chi connectivity index (χ4n) is 2.02. The van der Waals surface area contributed by atoms with E-state index < -0.39 is 5.97 Å². The van der Waals surface area contributed by atoms with Gasteiger partial charge in [0.1, 0.15) is 5.82 Å². The largest absolute Gasteiger partial charge is 0.478 e. The maximum atomic E-state index is 13.2. The molecule has 0 aliphatic carbocycles. The molecule has 0 atom stereocenters. The van der Waals surface area contributed by atoms with Crippen LogP contribution in [0.3, 0.4) is 0 Å². The number of benzene rings is 2. The minimum absolute atomic E-state index is 0.161. The number of carbonyl (C=O) groups excluding carboxylic acids is 1. The van der Waals surface area contributed by atoms with E-state index in [2.05, 4.69) is 10.3 Å². The summed E-state index contributed by atoms with van der Waals surface area (Å²) in [6.45, 7) is 0. The van der Waals surface area contributed by atoms with Crippen LogP contribution in [0, 0.1) is 5.82 Å². The number of carboxylic acid groups (broad SMARTS) is 1. The van der Waals surface area contributed by atoms with E-state index in [1.807, 2.05) is 0 Å². The maximum absolute atomic E-state index is 13.2. The van der Waals surface area contributed by atoms with Crippen LogP contribution in [-0.2, 0) is 4.79 Å². The van der Waals surface area contributed by atoms with Crippen LogP contribution in [0.1, 0.15) is 15.9 Å². The summed E-state index contributed by atoms with van der Waals surface area (Å²) in [5.74, 6) is -1.71. The molecule has 1 saturated heterocycles. The number of hydrogen-bond donors (Lipinski definition) is 2. The number of amidine groups is 1. The lowest BCUT2D eigenvalue weighted by atomic mass is 10.2. The first kappa shape index (κ1) is 15.9. The van der Waals surface area contributed by atoms with E-state index in [-0.39, 0.29) is 17.3 Å². The highest BCUT2D eigenvalue weighted by molar-refractivity contribution is 8.18. The highest BCUT2D eigenvalue weighted by Crippen LogP contribution is 2.28. The van der Waals surface area contributed by atoms with Gasteiger partial charge in [0.05, 0.1) is 16.2 Å². The zero-order valence-electron chi connectivity index (χ0n) is 12.2. The summed E-state index contributed by atoms with van der Waals surface area (Å²) in [5, 5.41) is 11.9. The second-order valence-corrected chi connectivity index (χ2v) is 5.92. The number of halogens is 1. The van der Waals surface area contributed by atoms with Crippen molar-refractivity contribution < 1.29 is 19.1 Å². The topological polar surface area (TPSA) is 78.8 Å². The highest BCUT2D eigenvalue weighted by atomic mass is 32.2. The van der Waals surface area contributed by atoms with Gasteiger partial charge in [-0.2, -0.15) is 0 Å². The van der Waals surface area contributed by atoms with Crippen LogP contribution in [0.2, 0.25) is 0 Å². The normalized spacial score (nSPS) is 17.3. The maximum Gasteiger partial charge on any atom is 0.335 e. The monoisotopic (exact) mass is 342 g/mol. The average molecular weight is 342 g/mol. The van der Waals surface area contributed by atoms with Crippen LogP contribution in [-0.4, -0.2) is 22.2 Å². The number of hydrogen-bond acceptors (Lipinski definition) is 4. The number of thioether (sulfide) groups is 1. The molecule has 0 aromatic heterocycles. The number of carbonyl (C=O) groups is 2. The Kier molecular flexibility index (Phi) is 4.43. The smallest absolute Gasteiger partial charge is 0.335 e. The molecule has 0 spiro atoms. The van der Waals surface area contributed by atoms with Crippen molar-refractivity contribution in [1.29, 1.82) is 0 Å². The van der Waals surface area contributed by atoms with E-state index in [1.54, 1.807) is 30.3 Å². The summed E-state index contributed by atoms with van der Waals surface area (Å²) in [6.07, 6.45) is 1.58. The van der Waals surface area contributed by atoms with Crippen LogP contribution < -0.4 is 5.32 Å². The van der Waals surface area contributed by atoms with E-state index in [0.29, 0.717) is 21.3 Å². The molecule has 120 valence electrons. The summed E-state index contributed by atoms with van der Waals surface area (Å²) in [7, 11) is 0. The van der Waals surface area contributed by atoms with E-state index >= 15 is 0 Å². The molecule has 0 unspecified atom stereocenters. The Hall–Kier alpha value is -2.93. The molecule has 0 bridgehead atoms. The molecule has 2 aromatic carbocycles. The molecular formula is C17H11FN2O3S. The molecule has 24 heavy (non-hydrogen) atoms. The standard InChI is InChI=1S/C17H11FN2O3S/c18-12-3-1-2-10(8-12)9-14-15(21)20-17(24-14)19-13-6-4-11(5-7-13)16(22)23/h1-9H,(H,22,23)(H,19,20,21)/b14-9-. The number of rotatable bonds is 3. The van der Waals surface area contributed by atoms with Gasteiger partial charge in [0.15, 0.2) is 5.17 Å². The van der Waals surface area contributed by atoms with Gasteiger partial charge in [0.2, 0.25) is 0 Å². The van der Waals surface area contributed by atoms with Crippen molar-refractivity contribution in [3.05, 3.63) is 70.4 Å². The van der Waals surface area contributed by atoms with Crippen LogP contribution in [0.15, 0.2) is 58.4 Å². The van der Waals surface area contributed by atoms with E-state index in [0.717, 1.165) is 11.8 Å². The van der Waals surface area contributed by atoms with Crippen molar-refractivity contribution in [3.8, 4) is 0 Å². The minimum Gasteiger partial charge on any atom is -0.478 e. The molecule has 2 N–H and O–H groups in total. The first-order valence-corrected chi connectivity index (χ1v) is 7.71. The van der Waals surface area contributed by atoms with Gasteiger partial charge in [-0.3, -0.25) is 4.79 Å². The Morgan fingerprint density at radius 3 is 2.62 bits per heavy atom. The van der Waals surface area contributed by atoms with Crippen LogP contribution >= 0.6 is 11.8 Å². The van der Waals surface area contributed by atoms with Crippen molar-refractivity contribution in [1.82, 2.24) is 5.32 Å². The van der Waals surface area contributed by atoms with Crippen LogP contribution in [0.25, 0.3) is 6.08 Å². The summed E-state index contributed by atoms with van der Waals surface area (Å²) >= 11 is 1.14. The van der Waals surface area contributed by atoms with Crippen molar-refractivity contribution in [2.24, 2.45) is 4.99 Å². The Labute approximate surface area is 140 Å². The van der Waals surface area contributed by atoms with Crippen molar-refractivity contribution in [2.75, 3.05) is 0 Å². The Balaban J connectivity index is 1.80. The molecule has 1 aliphatic heterocycles. The minimum atomic E-state index is -1.02. The lowest BCUT2D eigenvalue weighted by molar-refractivity contribution is -0.115. The highest BCUT2D eigenvalue weighted by Gasteiger charge is 2.23. The number of aliphatic imine (C=N–C) groups is 1. The summed E-state index contributed by atoms with van der Waals surface area (Å²) in [4.78, 5) is 27.4. The van der Waals surface area contributed by atoms with Crippen LogP contribution in [0.5, 0.6) is 0 Å². The van der Waals surface area contributed by atoms with Crippen molar-refractivity contribution >= 4 is 40.6 Å². The molecule has 1 aliphatic rings. The first-order valence-electron chi connectivity index (χ1n) is 6.90. The predicted octanol–water partition coefficient (Wildman–Crippen LogP) is 3.42. The molecule has 5 nitrogen and oxygen atoms in total. The third-order valence-electron chi connectivity index (χ3n) is 3.14. The van der Waals surface area contributed by atoms with Gasteiger partial charge in [-0.15, -0.1) is 0 Å². The second-order valence-electron chi connectivity index (χ2n) is 4.89. The average Bonchev–Trinajstić information content (AvgIpc) is 2.87. The van der Waals surface area contributed by atoms with Gasteiger partial charge >= 0.3 is 5.97 Å². The van der Waals surface area contributed by atoms with Gasteiger partial charge < -0.3 is 10.4 Å². The van der Waals surface area contributed by atoms with E-state index in [1.165, 1.54) is 24.3 Å². The fourth-order valence-corrected chi connectivity index (χ4v) is 2.87. The van der Waals surface area contributed by atoms with E-state index in [9.17, 15) is 14.0 Å². The Morgan fingerprint density at radius 1 is 1.21 bits per heavy atom. The summed E-state index contributed by atoms with van der Waals surface area (Å²) in [5.41, 5.74) is 1.27. The van der Waals surface area contributed by atoms with Crippen LogP contribution in [0.4, 0.5) is 10.1 Å². The van der Waals surface area contributed by atoms with Crippen molar-refractivity contribution in [2.45, 2.75) is 0 Å². The molecule has 7 heteroatoms.